The van der Waals surface area contributed by atoms with Gasteiger partial charge in [-0.2, -0.15) is 0 Å². The van der Waals surface area contributed by atoms with Crippen molar-refractivity contribution in [2.75, 3.05) is 5.75 Å². The van der Waals surface area contributed by atoms with E-state index in [0.29, 0.717) is 0 Å². The molecule has 24 heavy (non-hydrogen) atoms. The van der Waals surface area contributed by atoms with Gasteiger partial charge in [0.25, 0.3) is 5.91 Å². The average Bonchev–Trinajstić information content (AvgIpc) is 2.54. The molecular weight excluding hydrogens is 336 g/mol. The van der Waals surface area contributed by atoms with Crippen LogP contribution in [0.3, 0.4) is 0 Å². The monoisotopic (exact) mass is 353 g/mol. The lowest BCUT2D eigenvalue weighted by Gasteiger charge is -2.16. The van der Waals surface area contributed by atoms with Crippen LogP contribution in [0.4, 0.5) is 8.78 Å². The fraction of sp³-hybridized carbons (Fsp3) is 0.235. The quantitative estimate of drug-likeness (QED) is 0.897. The minimum Gasteiger partial charge on any atom is -0.345 e. The van der Waals surface area contributed by atoms with Crippen molar-refractivity contribution >= 4 is 15.7 Å². The second-order valence-corrected chi connectivity index (χ2v) is 7.51. The van der Waals surface area contributed by atoms with Crippen molar-refractivity contribution < 1.29 is 22.0 Å². The Labute approximate surface area is 139 Å². The van der Waals surface area contributed by atoms with E-state index in [4.69, 9.17) is 0 Å². The van der Waals surface area contributed by atoms with Gasteiger partial charge in [-0.15, -0.1) is 0 Å². The Hall–Kier alpha value is -2.28. The smallest absolute Gasteiger partial charge is 0.253 e. The lowest BCUT2D eigenvalue weighted by molar-refractivity contribution is 0.0936. The highest BCUT2D eigenvalue weighted by Gasteiger charge is 2.22. The van der Waals surface area contributed by atoms with E-state index in [0.717, 1.165) is 12.1 Å². The molecule has 1 N–H and O–H groups in total. The molecule has 2 aromatic rings. The molecule has 0 aliphatic rings. The summed E-state index contributed by atoms with van der Waals surface area (Å²) in [6.45, 7) is 3.02. The van der Waals surface area contributed by atoms with Gasteiger partial charge >= 0.3 is 0 Å². The number of carbonyl (C=O) groups excluding carboxylic acids is 1. The summed E-state index contributed by atoms with van der Waals surface area (Å²) in [4.78, 5) is 12.3. The van der Waals surface area contributed by atoms with Gasteiger partial charge in [-0.05, 0) is 25.1 Å². The third kappa shape index (κ3) is 3.79. The Balaban J connectivity index is 2.31. The largest absolute Gasteiger partial charge is 0.345 e. The average molecular weight is 353 g/mol. The molecule has 2 aromatic carbocycles. The summed E-state index contributed by atoms with van der Waals surface area (Å²) in [6, 6.07) is 8.14. The molecule has 4 nitrogen and oxygen atoms in total. The molecule has 2 rings (SSSR count). The molecule has 1 unspecified atom stereocenters. The molecule has 1 atom stereocenters. The second kappa shape index (κ2) is 7.09. The number of carbonyl (C=O) groups is 1. The van der Waals surface area contributed by atoms with Crippen molar-refractivity contribution in [1.29, 1.82) is 0 Å². The zero-order valence-corrected chi connectivity index (χ0v) is 14.0. The minimum absolute atomic E-state index is 0.00581. The minimum atomic E-state index is -3.57. The summed E-state index contributed by atoms with van der Waals surface area (Å²) in [5, 5.41) is 2.54. The van der Waals surface area contributed by atoms with Gasteiger partial charge in [0.2, 0.25) is 0 Å². The first kappa shape index (κ1) is 18.1. The highest BCUT2D eigenvalue weighted by atomic mass is 32.2. The van der Waals surface area contributed by atoms with Crippen molar-refractivity contribution in [1.82, 2.24) is 5.32 Å². The van der Waals surface area contributed by atoms with Gasteiger partial charge < -0.3 is 5.32 Å². The van der Waals surface area contributed by atoms with Gasteiger partial charge in [0.15, 0.2) is 9.84 Å². The lowest BCUT2D eigenvalue weighted by Crippen LogP contribution is -2.28. The Morgan fingerprint density at radius 1 is 1.17 bits per heavy atom. The van der Waals surface area contributed by atoms with Gasteiger partial charge in [-0.25, -0.2) is 17.2 Å². The zero-order chi connectivity index (χ0) is 17.9. The van der Waals surface area contributed by atoms with E-state index in [-0.39, 0.29) is 21.8 Å². The molecule has 0 fully saturated rings. The van der Waals surface area contributed by atoms with Crippen LogP contribution in [0.2, 0.25) is 0 Å². The van der Waals surface area contributed by atoms with Crippen molar-refractivity contribution in [2.24, 2.45) is 0 Å². The molecule has 0 heterocycles. The summed E-state index contributed by atoms with van der Waals surface area (Å²) < 4.78 is 50.9. The predicted molar refractivity (Wildman–Crippen MR) is 86.4 cm³/mol. The zero-order valence-electron chi connectivity index (χ0n) is 13.2. The number of nitrogens with one attached hydrogen (secondary N) is 1. The normalized spacial score (nSPS) is 12.7. The number of benzene rings is 2. The number of hydrogen-bond acceptors (Lipinski definition) is 3. The first-order valence-electron chi connectivity index (χ1n) is 7.34. The van der Waals surface area contributed by atoms with Crippen molar-refractivity contribution in [3.63, 3.8) is 0 Å². The second-order valence-electron chi connectivity index (χ2n) is 5.26. The molecule has 0 aliphatic carbocycles. The van der Waals surface area contributed by atoms with Crippen molar-refractivity contribution in [2.45, 2.75) is 24.8 Å². The van der Waals surface area contributed by atoms with Gasteiger partial charge in [0.05, 0.1) is 22.3 Å². The van der Waals surface area contributed by atoms with E-state index < -0.39 is 33.4 Å². The molecule has 0 aromatic heterocycles. The van der Waals surface area contributed by atoms with Crippen LogP contribution in [0, 0.1) is 11.6 Å². The summed E-state index contributed by atoms with van der Waals surface area (Å²) in [7, 11) is -3.57. The van der Waals surface area contributed by atoms with Crippen LogP contribution in [-0.2, 0) is 9.84 Å². The maximum absolute atomic E-state index is 13.8. The molecule has 1 amide bonds. The molecule has 0 saturated heterocycles. The fourth-order valence-electron chi connectivity index (χ4n) is 2.29. The number of sulfone groups is 1. The van der Waals surface area contributed by atoms with Gasteiger partial charge in [0.1, 0.15) is 11.6 Å². The topological polar surface area (TPSA) is 63.2 Å². The molecule has 0 bridgehead atoms. The number of amides is 1. The Morgan fingerprint density at radius 2 is 1.83 bits per heavy atom. The van der Waals surface area contributed by atoms with Gasteiger partial charge in [0, 0.05) is 11.6 Å². The van der Waals surface area contributed by atoms with E-state index in [1.807, 2.05) is 0 Å². The predicted octanol–water partition coefficient (Wildman–Crippen LogP) is 3.25. The molecular formula is C17H17F2NO3S. The van der Waals surface area contributed by atoms with Crippen LogP contribution >= 0.6 is 0 Å². The van der Waals surface area contributed by atoms with Crippen LogP contribution < -0.4 is 5.32 Å². The van der Waals surface area contributed by atoms with Crippen LogP contribution in [-0.4, -0.2) is 20.1 Å². The van der Waals surface area contributed by atoms with Crippen molar-refractivity contribution in [3.05, 3.63) is 65.2 Å². The Bertz CT molecular complexity index is 866. The van der Waals surface area contributed by atoms with E-state index in [1.165, 1.54) is 38.1 Å². The first-order chi connectivity index (χ1) is 11.3. The molecule has 0 spiro atoms. The van der Waals surface area contributed by atoms with E-state index >= 15 is 0 Å². The molecule has 128 valence electrons. The van der Waals surface area contributed by atoms with E-state index in [1.54, 1.807) is 6.07 Å². The first-order valence-corrected chi connectivity index (χ1v) is 8.99. The summed E-state index contributed by atoms with van der Waals surface area (Å²) >= 11 is 0. The van der Waals surface area contributed by atoms with Gasteiger partial charge in [-0.1, -0.05) is 25.1 Å². The number of halogens is 2. The van der Waals surface area contributed by atoms with Crippen LogP contribution in [0.15, 0.2) is 47.4 Å². The summed E-state index contributed by atoms with van der Waals surface area (Å²) in [6.07, 6.45) is 0. The number of rotatable bonds is 5. The Morgan fingerprint density at radius 3 is 2.46 bits per heavy atom. The summed E-state index contributed by atoms with van der Waals surface area (Å²) in [5.41, 5.74) is 0.106. The number of hydrogen-bond donors (Lipinski definition) is 1. The summed E-state index contributed by atoms with van der Waals surface area (Å²) in [5.74, 6) is -2.27. The van der Waals surface area contributed by atoms with Crippen LogP contribution in [0.25, 0.3) is 0 Å². The van der Waals surface area contributed by atoms with Crippen LogP contribution in [0.1, 0.15) is 35.8 Å². The maximum Gasteiger partial charge on any atom is 0.253 e. The van der Waals surface area contributed by atoms with Crippen molar-refractivity contribution in [3.8, 4) is 0 Å². The highest BCUT2D eigenvalue weighted by Crippen LogP contribution is 2.21. The highest BCUT2D eigenvalue weighted by molar-refractivity contribution is 7.91. The van der Waals surface area contributed by atoms with Gasteiger partial charge in [-0.3, -0.25) is 4.79 Å². The molecule has 7 heteroatoms. The standard InChI is InChI=1S/C17H17F2NO3S/c1-3-24(22,23)16-7-5-4-6-14(16)17(21)20-11(2)13-9-8-12(18)10-15(13)19/h4-11H,3H2,1-2H3,(H,20,21). The van der Waals surface area contributed by atoms with E-state index in [2.05, 4.69) is 5.32 Å². The third-order valence-electron chi connectivity index (χ3n) is 3.62. The SMILES string of the molecule is CCS(=O)(=O)c1ccccc1C(=O)NC(C)c1ccc(F)cc1F. The lowest BCUT2D eigenvalue weighted by atomic mass is 10.1. The maximum atomic E-state index is 13.8. The van der Waals surface area contributed by atoms with E-state index in [9.17, 15) is 22.0 Å². The molecule has 0 radical (unpaired) electrons. The Kier molecular flexibility index (Phi) is 5.33. The third-order valence-corrected chi connectivity index (χ3v) is 5.41. The molecule has 0 saturated carbocycles. The fourth-order valence-corrected chi connectivity index (χ4v) is 3.38. The van der Waals surface area contributed by atoms with Crippen LogP contribution in [0.5, 0.6) is 0 Å². The molecule has 0 aliphatic heterocycles.